The van der Waals surface area contributed by atoms with Crippen LogP contribution in [-0.4, -0.2) is 27.4 Å². The molecule has 6 heteroatoms. The molecule has 0 spiro atoms. The van der Waals surface area contributed by atoms with Gasteiger partial charge in [0.1, 0.15) is 0 Å². The minimum atomic E-state index is -3.53. The molecule has 19 heavy (non-hydrogen) atoms. The number of amides is 1. The van der Waals surface area contributed by atoms with Crippen LogP contribution in [0.25, 0.3) is 0 Å². The van der Waals surface area contributed by atoms with Crippen LogP contribution in [0.3, 0.4) is 0 Å². The third-order valence-corrected chi connectivity index (χ3v) is 3.96. The highest BCUT2D eigenvalue weighted by atomic mass is 32.2. The first-order valence-corrected chi connectivity index (χ1v) is 7.73. The molecule has 0 saturated heterocycles. The predicted molar refractivity (Wildman–Crippen MR) is 74.5 cm³/mol. The Hall–Kier alpha value is -1.40. The van der Waals surface area contributed by atoms with Crippen LogP contribution in [-0.2, 0) is 10.0 Å². The molecule has 2 N–H and O–H groups in total. The fraction of sp³-hybridized carbons (Fsp3) is 0.462. The number of hydrogen-bond acceptors (Lipinski definition) is 3. The SMILES string of the molecule is CCNS(=O)(=O)c1cccc(C(=O)NCC(C)C)c1. The van der Waals surface area contributed by atoms with E-state index in [1.807, 2.05) is 13.8 Å². The fourth-order valence-electron chi connectivity index (χ4n) is 1.48. The molecule has 0 aliphatic heterocycles. The Balaban J connectivity index is 2.91. The average molecular weight is 284 g/mol. The van der Waals surface area contributed by atoms with Crippen molar-refractivity contribution in [3.05, 3.63) is 29.8 Å². The molecule has 5 nitrogen and oxygen atoms in total. The molecule has 1 amide bonds. The van der Waals surface area contributed by atoms with Gasteiger partial charge >= 0.3 is 0 Å². The van der Waals surface area contributed by atoms with E-state index in [1.54, 1.807) is 19.1 Å². The van der Waals surface area contributed by atoms with E-state index in [2.05, 4.69) is 10.0 Å². The standard InChI is InChI=1S/C13H20N2O3S/c1-4-15-19(17,18)12-7-5-6-11(8-12)13(16)14-9-10(2)3/h5-8,10,15H,4,9H2,1-3H3,(H,14,16). The van der Waals surface area contributed by atoms with Crippen molar-refractivity contribution in [1.29, 1.82) is 0 Å². The molecule has 0 heterocycles. The van der Waals surface area contributed by atoms with Crippen LogP contribution in [0.4, 0.5) is 0 Å². The summed E-state index contributed by atoms with van der Waals surface area (Å²) in [5.41, 5.74) is 0.347. The molecule has 0 saturated carbocycles. The summed E-state index contributed by atoms with van der Waals surface area (Å²) in [5, 5.41) is 2.75. The highest BCUT2D eigenvalue weighted by molar-refractivity contribution is 7.89. The fourth-order valence-corrected chi connectivity index (χ4v) is 2.56. The van der Waals surface area contributed by atoms with Gasteiger partial charge in [0, 0.05) is 18.7 Å². The van der Waals surface area contributed by atoms with Crippen molar-refractivity contribution >= 4 is 15.9 Å². The van der Waals surface area contributed by atoms with Crippen LogP contribution < -0.4 is 10.0 Å². The molecule has 0 unspecified atom stereocenters. The molecule has 1 aromatic rings. The number of nitrogens with one attached hydrogen (secondary N) is 2. The summed E-state index contributed by atoms with van der Waals surface area (Å²) in [5.74, 6) is 0.0832. The quantitative estimate of drug-likeness (QED) is 0.828. The first-order valence-electron chi connectivity index (χ1n) is 6.24. The second-order valence-electron chi connectivity index (χ2n) is 4.63. The Labute approximate surface area is 114 Å². The maximum absolute atomic E-state index is 11.9. The van der Waals surface area contributed by atoms with E-state index in [0.717, 1.165) is 0 Å². The summed E-state index contributed by atoms with van der Waals surface area (Å²) in [6.07, 6.45) is 0. The zero-order chi connectivity index (χ0) is 14.5. The van der Waals surface area contributed by atoms with Crippen molar-refractivity contribution in [3.63, 3.8) is 0 Å². The number of hydrogen-bond donors (Lipinski definition) is 2. The number of carbonyl (C=O) groups is 1. The minimum absolute atomic E-state index is 0.103. The normalized spacial score (nSPS) is 11.6. The van der Waals surface area contributed by atoms with Crippen molar-refractivity contribution in [2.75, 3.05) is 13.1 Å². The van der Waals surface area contributed by atoms with Gasteiger partial charge in [-0.15, -0.1) is 0 Å². The van der Waals surface area contributed by atoms with E-state index in [-0.39, 0.29) is 10.8 Å². The molecular formula is C13H20N2O3S. The summed E-state index contributed by atoms with van der Waals surface area (Å²) in [6.45, 7) is 6.56. The van der Waals surface area contributed by atoms with E-state index in [0.29, 0.717) is 24.6 Å². The molecule has 1 rings (SSSR count). The highest BCUT2D eigenvalue weighted by Crippen LogP contribution is 2.11. The molecule has 0 fully saturated rings. The third-order valence-electron chi connectivity index (χ3n) is 2.41. The summed E-state index contributed by atoms with van der Waals surface area (Å²) in [4.78, 5) is 12.0. The van der Waals surface area contributed by atoms with E-state index >= 15 is 0 Å². The zero-order valence-corrected chi connectivity index (χ0v) is 12.3. The molecule has 106 valence electrons. The molecule has 0 bridgehead atoms. The monoisotopic (exact) mass is 284 g/mol. The number of benzene rings is 1. The number of sulfonamides is 1. The molecule has 1 aromatic carbocycles. The second-order valence-corrected chi connectivity index (χ2v) is 6.40. The lowest BCUT2D eigenvalue weighted by Gasteiger charge is -2.09. The van der Waals surface area contributed by atoms with Crippen LogP contribution in [0.5, 0.6) is 0 Å². The second kappa shape index (κ2) is 6.68. The highest BCUT2D eigenvalue weighted by Gasteiger charge is 2.15. The Morgan fingerprint density at radius 1 is 1.32 bits per heavy atom. The largest absolute Gasteiger partial charge is 0.352 e. The molecular weight excluding hydrogens is 264 g/mol. The lowest BCUT2D eigenvalue weighted by Crippen LogP contribution is -2.28. The minimum Gasteiger partial charge on any atom is -0.352 e. The van der Waals surface area contributed by atoms with E-state index in [4.69, 9.17) is 0 Å². The third kappa shape index (κ3) is 4.65. The lowest BCUT2D eigenvalue weighted by atomic mass is 10.2. The first kappa shape index (κ1) is 15.7. The van der Waals surface area contributed by atoms with Crippen LogP contribution in [0.15, 0.2) is 29.2 Å². The molecule has 0 atom stereocenters. The van der Waals surface area contributed by atoms with Crippen molar-refractivity contribution in [1.82, 2.24) is 10.0 Å². The van der Waals surface area contributed by atoms with Gasteiger partial charge in [0.2, 0.25) is 10.0 Å². The maximum Gasteiger partial charge on any atom is 0.251 e. The van der Waals surface area contributed by atoms with Gasteiger partial charge in [-0.05, 0) is 24.1 Å². The Morgan fingerprint density at radius 2 is 2.00 bits per heavy atom. The van der Waals surface area contributed by atoms with Crippen molar-refractivity contribution < 1.29 is 13.2 Å². The summed E-state index contributed by atoms with van der Waals surface area (Å²) >= 11 is 0. The van der Waals surface area contributed by atoms with Crippen LogP contribution in [0.2, 0.25) is 0 Å². The first-order chi connectivity index (χ1) is 8.86. The van der Waals surface area contributed by atoms with Gasteiger partial charge in [-0.2, -0.15) is 0 Å². The smallest absolute Gasteiger partial charge is 0.251 e. The molecule has 0 aliphatic rings. The van der Waals surface area contributed by atoms with Gasteiger partial charge in [0.25, 0.3) is 5.91 Å². The predicted octanol–water partition coefficient (Wildman–Crippen LogP) is 1.37. The zero-order valence-electron chi connectivity index (χ0n) is 11.4. The molecule has 0 radical (unpaired) electrons. The van der Waals surface area contributed by atoms with Crippen LogP contribution in [0.1, 0.15) is 31.1 Å². The van der Waals surface area contributed by atoms with E-state index in [9.17, 15) is 13.2 Å². The summed E-state index contributed by atoms with van der Waals surface area (Å²) in [6, 6.07) is 6.01. The van der Waals surface area contributed by atoms with Crippen molar-refractivity contribution in [2.24, 2.45) is 5.92 Å². The Bertz CT molecular complexity index is 539. The maximum atomic E-state index is 11.9. The summed E-state index contributed by atoms with van der Waals surface area (Å²) < 4.78 is 26.1. The average Bonchev–Trinajstić information content (AvgIpc) is 2.36. The van der Waals surface area contributed by atoms with Crippen molar-refractivity contribution in [3.8, 4) is 0 Å². The van der Waals surface area contributed by atoms with Crippen LogP contribution >= 0.6 is 0 Å². The van der Waals surface area contributed by atoms with E-state index in [1.165, 1.54) is 12.1 Å². The topological polar surface area (TPSA) is 75.3 Å². The Morgan fingerprint density at radius 3 is 2.58 bits per heavy atom. The van der Waals surface area contributed by atoms with Gasteiger partial charge in [-0.3, -0.25) is 4.79 Å². The van der Waals surface area contributed by atoms with Gasteiger partial charge in [-0.25, -0.2) is 13.1 Å². The molecule has 0 aromatic heterocycles. The number of rotatable bonds is 6. The van der Waals surface area contributed by atoms with Gasteiger partial charge in [-0.1, -0.05) is 26.8 Å². The molecule has 0 aliphatic carbocycles. The summed E-state index contributed by atoms with van der Waals surface area (Å²) in [7, 11) is -3.53. The van der Waals surface area contributed by atoms with Crippen LogP contribution in [0, 0.1) is 5.92 Å². The van der Waals surface area contributed by atoms with Gasteiger partial charge in [0.15, 0.2) is 0 Å². The Kier molecular flexibility index (Phi) is 5.50. The lowest BCUT2D eigenvalue weighted by molar-refractivity contribution is 0.0949. The van der Waals surface area contributed by atoms with Crippen molar-refractivity contribution in [2.45, 2.75) is 25.7 Å². The number of carbonyl (C=O) groups excluding carboxylic acids is 1. The van der Waals surface area contributed by atoms with E-state index < -0.39 is 10.0 Å². The van der Waals surface area contributed by atoms with Gasteiger partial charge < -0.3 is 5.32 Å². The van der Waals surface area contributed by atoms with Gasteiger partial charge in [0.05, 0.1) is 4.90 Å².